The number of hydrogen-bond donors (Lipinski definition) is 2. The molecule has 0 saturated heterocycles. The van der Waals surface area contributed by atoms with Crippen LogP contribution in [0.3, 0.4) is 0 Å². The lowest BCUT2D eigenvalue weighted by molar-refractivity contribution is 0.125. The molecule has 2 aromatic heterocycles. The van der Waals surface area contributed by atoms with Gasteiger partial charge >= 0.3 is 0 Å². The van der Waals surface area contributed by atoms with Crippen molar-refractivity contribution in [2.45, 2.75) is 92.4 Å². The third kappa shape index (κ3) is 11.3. The standard InChI is InChI=1S/C26H40O2S2.C2H6/c1-4-26(3,20-28)18-8-7-11-23-13-15-25(30-23)17-16-24-14-12-22(29-24)10-6-5-9-21(2)19-27;1-2/h12-17,21,27-28H,4-11,18-20H2,1-3H3;1-2H3/b17-16-;. The van der Waals surface area contributed by atoms with Crippen molar-refractivity contribution in [3.05, 3.63) is 43.8 Å². The van der Waals surface area contributed by atoms with Crippen molar-refractivity contribution in [1.29, 1.82) is 0 Å². The number of aryl methyl sites for hydroxylation is 2. The molecule has 2 atom stereocenters. The van der Waals surface area contributed by atoms with Crippen molar-refractivity contribution in [2.24, 2.45) is 11.3 Å². The highest BCUT2D eigenvalue weighted by atomic mass is 32.1. The lowest BCUT2D eigenvalue weighted by Gasteiger charge is -2.25. The lowest BCUT2D eigenvalue weighted by atomic mass is 9.83. The van der Waals surface area contributed by atoms with E-state index in [0.29, 0.717) is 19.1 Å². The molecule has 0 aliphatic rings. The second kappa shape index (κ2) is 16.6. The van der Waals surface area contributed by atoms with Crippen LogP contribution in [0.4, 0.5) is 0 Å². The zero-order chi connectivity index (χ0) is 23.8. The fourth-order valence-corrected chi connectivity index (χ4v) is 5.42. The Kier molecular flexibility index (Phi) is 15.1. The summed E-state index contributed by atoms with van der Waals surface area (Å²) in [5.74, 6) is 0.430. The van der Waals surface area contributed by atoms with Gasteiger partial charge in [-0.25, -0.2) is 0 Å². The van der Waals surface area contributed by atoms with Crippen LogP contribution in [0, 0.1) is 11.3 Å². The molecule has 0 aliphatic carbocycles. The Morgan fingerprint density at radius 2 is 1.41 bits per heavy atom. The van der Waals surface area contributed by atoms with Crippen molar-refractivity contribution >= 4 is 34.8 Å². The van der Waals surface area contributed by atoms with Crippen molar-refractivity contribution in [2.75, 3.05) is 13.2 Å². The highest BCUT2D eigenvalue weighted by Crippen LogP contribution is 2.29. The van der Waals surface area contributed by atoms with Gasteiger partial charge in [-0.3, -0.25) is 0 Å². The minimum Gasteiger partial charge on any atom is -0.396 e. The van der Waals surface area contributed by atoms with E-state index in [9.17, 15) is 5.11 Å². The quantitative estimate of drug-likeness (QED) is 0.252. The van der Waals surface area contributed by atoms with Gasteiger partial charge in [-0.15, -0.1) is 22.7 Å². The molecule has 2 nitrogen and oxygen atoms in total. The molecule has 4 heteroatoms. The Balaban J connectivity index is 0.00000249. The maximum Gasteiger partial charge on any atom is 0.0484 e. The fourth-order valence-electron chi connectivity index (χ4n) is 3.50. The van der Waals surface area contributed by atoms with Gasteiger partial charge in [0, 0.05) is 32.7 Å². The van der Waals surface area contributed by atoms with Crippen LogP contribution >= 0.6 is 22.7 Å². The summed E-state index contributed by atoms with van der Waals surface area (Å²) >= 11 is 3.79. The van der Waals surface area contributed by atoms with E-state index < -0.39 is 0 Å². The maximum atomic E-state index is 9.53. The first-order valence-corrected chi connectivity index (χ1v) is 14.2. The van der Waals surface area contributed by atoms with Crippen LogP contribution in [0.15, 0.2) is 24.3 Å². The van der Waals surface area contributed by atoms with E-state index in [4.69, 9.17) is 5.11 Å². The summed E-state index contributed by atoms with van der Waals surface area (Å²) in [6, 6.07) is 8.99. The van der Waals surface area contributed by atoms with Crippen LogP contribution in [0.5, 0.6) is 0 Å². The van der Waals surface area contributed by atoms with Crippen molar-refractivity contribution in [1.82, 2.24) is 0 Å². The summed E-state index contributed by atoms with van der Waals surface area (Å²) < 4.78 is 0. The maximum absolute atomic E-state index is 9.53. The van der Waals surface area contributed by atoms with Gasteiger partial charge in [-0.1, -0.05) is 47.5 Å². The van der Waals surface area contributed by atoms with E-state index in [1.807, 2.05) is 36.5 Å². The third-order valence-electron chi connectivity index (χ3n) is 6.15. The molecule has 2 rings (SSSR count). The zero-order valence-corrected chi connectivity index (χ0v) is 22.7. The Labute approximate surface area is 205 Å². The number of unbranched alkanes of at least 4 members (excludes halogenated alkanes) is 2. The molecule has 2 N–H and O–H groups in total. The molecule has 0 aliphatic heterocycles. The van der Waals surface area contributed by atoms with Crippen LogP contribution in [0.1, 0.15) is 99.1 Å². The summed E-state index contributed by atoms with van der Waals surface area (Å²) in [7, 11) is 0. The largest absolute Gasteiger partial charge is 0.396 e. The number of aliphatic hydroxyl groups excluding tert-OH is 2. The third-order valence-corrected chi connectivity index (χ3v) is 8.37. The van der Waals surface area contributed by atoms with Gasteiger partial charge < -0.3 is 10.2 Å². The van der Waals surface area contributed by atoms with E-state index in [-0.39, 0.29) is 5.41 Å². The van der Waals surface area contributed by atoms with Gasteiger partial charge in [0.05, 0.1) is 0 Å². The van der Waals surface area contributed by atoms with Crippen LogP contribution in [0.25, 0.3) is 12.2 Å². The molecular formula is C28H46O2S2. The Hall–Kier alpha value is -0.940. The van der Waals surface area contributed by atoms with Gasteiger partial charge in [-0.05, 0) is 92.7 Å². The van der Waals surface area contributed by atoms with E-state index in [1.165, 1.54) is 45.2 Å². The van der Waals surface area contributed by atoms with Crippen LogP contribution < -0.4 is 0 Å². The first-order valence-electron chi connectivity index (χ1n) is 12.5. The van der Waals surface area contributed by atoms with Crippen LogP contribution in [0.2, 0.25) is 0 Å². The second-order valence-electron chi connectivity index (χ2n) is 9.00. The molecule has 2 aromatic rings. The predicted octanol–water partition coefficient (Wildman–Crippen LogP) is 8.47. The minimum absolute atomic E-state index is 0.0980. The summed E-state index contributed by atoms with van der Waals surface area (Å²) in [5.41, 5.74) is 0.0980. The monoisotopic (exact) mass is 478 g/mol. The van der Waals surface area contributed by atoms with Gasteiger partial charge in [-0.2, -0.15) is 0 Å². The number of rotatable bonds is 15. The smallest absolute Gasteiger partial charge is 0.0484 e. The number of hydrogen-bond acceptors (Lipinski definition) is 4. The summed E-state index contributed by atoms with van der Waals surface area (Å²) in [6.45, 7) is 11.1. The van der Waals surface area contributed by atoms with E-state index in [1.54, 1.807) is 0 Å². The average molecular weight is 479 g/mol. The molecule has 0 bridgehead atoms. The molecule has 2 unspecified atom stereocenters. The van der Waals surface area contributed by atoms with Gasteiger partial charge in [0.25, 0.3) is 0 Å². The molecule has 182 valence electrons. The normalized spacial score (nSPS) is 14.2. The highest BCUT2D eigenvalue weighted by Gasteiger charge is 2.19. The predicted molar refractivity (Wildman–Crippen MR) is 146 cm³/mol. The summed E-state index contributed by atoms with van der Waals surface area (Å²) in [4.78, 5) is 5.57. The molecule has 0 amide bonds. The minimum atomic E-state index is 0.0980. The fraction of sp³-hybridized carbons (Fsp3) is 0.643. The van der Waals surface area contributed by atoms with Gasteiger partial charge in [0.1, 0.15) is 0 Å². The first-order chi connectivity index (χ1) is 15.5. The Morgan fingerprint density at radius 1 is 0.875 bits per heavy atom. The average Bonchev–Trinajstić information content (AvgIpc) is 3.48. The topological polar surface area (TPSA) is 40.5 Å². The summed E-state index contributed by atoms with van der Waals surface area (Å²) in [5, 5.41) is 18.6. The zero-order valence-electron chi connectivity index (χ0n) is 21.0. The molecule has 2 heterocycles. The van der Waals surface area contributed by atoms with E-state index in [0.717, 1.165) is 32.1 Å². The van der Waals surface area contributed by atoms with Gasteiger partial charge in [0.15, 0.2) is 0 Å². The first kappa shape index (κ1) is 29.1. The lowest BCUT2D eigenvalue weighted by Crippen LogP contribution is -2.19. The molecule has 32 heavy (non-hydrogen) atoms. The number of thiophene rings is 2. The van der Waals surface area contributed by atoms with E-state index in [2.05, 4.69) is 57.2 Å². The SMILES string of the molecule is CC.CCC(C)(CO)CCCCc1ccc(/C=C\c2ccc(CCCCC(C)CO)s2)s1. The Bertz CT molecular complexity index is 740. The molecule has 0 aromatic carbocycles. The highest BCUT2D eigenvalue weighted by molar-refractivity contribution is 7.13. The van der Waals surface area contributed by atoms with Gasteiger partial charge in [0.2, 0.25) is 0 Å². The van der Waals surface area contributed by atoms with Crippen molar-refractivity contribution in [3.63, 3.8) is 0 Å². The molecule has 0 saturated carbocycles. The molecule has 0 spiro atoms. The van der Waals surface area contributed by atoms with Crippen LogP contribution in [-0.2, 0) is 12.8 Å². The summed E-state index contributed by atoms with van der Waals surface area (Å²) in [6.07, 6.45) is 14.8. The molecular weight excluding hydrogens is 432 g/mol. The van der Waals surface area contributed by atoms with Crippen LogP contribution in [-0.4, -0.2) is 23.4 Å². The molecule has 0 fully saturated rings. The molecule has 0 radical (unpaired) electrons. The van der Waals surface area contributed by atoms with Crippen molar-refractivity contribution in [3.8, 4) is 0 Å². The second-order valence-corrected chi connectivity index (χ2v) is 11.4. The Morgan fingerprint density at radius 3 is 1.88 bits per heavy atom. The van der Waals surface area contributed by atoms with E-state index >= 15 is 0 Å². The number of aliphatic hydroxyl groups is 2. The van der Waals surface area contributed by atoms with Crippen molar-refractivity contribution < 1.29 is 10.2 Å².